The van der Waals surface area contributed by atoms with E-state index >= 15 is 0 Å². The van der Waals surface area contributed by atoms with E-state index in [1.807, 2.05) is 11.4 Å². The number of hydrogen-bond donors (Lipinski definition) is 2. The Morgan fingerprint density at radius 3 is 3.25 bits per heavy atom. The molecule has 2 atom stereocenters. The van der Waals surface area contributed by atoms with Crippen LogP contribution in [0.5, 0.6) is 0 Å². The third-order valence-corrected chi connectivity index (χ3v) is 4.49. The van der Waals surface area contributed by atoms with Gasteiger partial charge in [0.15, 0.2) is 0 Å². The number of piperidine rings is 1. The molecule has 3 heterocycles. The zero-order valence-corrected chi connectivity index (χ0v) is 11.9. The van der Waals surface area contributed by atoms with E-state index in [0.717, 1.165) is 19.5 Å². The summed E-state index contributed by atoms with van der Waals surface area (Å²) in [5.74, 6) is 0.419. The van der Waals surface area contributed by atoms with Crippen LogP contribution in [0.4, 0.5) is 0 Å². The van der Waals surface area contributed by atoms with E-state index in [1.54, 1.807) is 0 Å². The molecule has 0 saturated carbocycles. The highest BCUT2D eigenvalue weighted by atomic mass is 32.1. The second-order valence-corrected chi connectivity index (χ2v) is 5.86. The van der Waals surface area contributed by atoms with Crippen LogP contribution in [0.2, 0.25) is 0 Å². The van der Waals surface area contributed by atoms with Crippen LogP contribution >= 0.6 is 11.3 Å². The molecular weight excluding hydrogens is 276 g/mol. The Hall–Kier alpha value is -1.80. The number of aromatic nitrogens is 4. The number of nitrogens with one attached hydrogen (secondary N) is 2. The van der Waals surface area contributed by atoms with Crippen molar-refractivity contribution in [1.82, 2.24) is 30.8 Å². The first-order chi connectivity index (χ1) is 9.75. The average molecular weight is 292 g/mol. The van der Waals surface area contributed by atoms with Gasteiger partial charge in [0.1, 0.15) is 11.2 Å². The summed E-state index contributed by atoms with van der Waals surface area (Å²) >= 11 is 1.40. The quantitative estimate of drug-likeness (QED) is 0.858. The van der Waals surface area contributed by atoms with Crippen molar-refractivity contribution in [3.8, 4) is 5.69 Å². The van der Waals surface area contributed by atoms with Gasteiger partial charge in [-0.1, -0.05) is 6.92 Å². The lowest BCUT2D eigenvalue weighted by molar-refractivity contribution is 0.0919. The molecular formula is C12H16N6OS. The molecule has 0 radical (unpaired) electrons. The summed E-state index contributed by atoms with van der Waals surface area (Å²) in [6.07, 6.45) is 2.57. The van der Waals surface area contributed by atoms with Crippen molar-refractivity contribution in [2.75, 3.05) is 13.1 Å². The van der Waals surface area contributed by atoms with Crippen LogP contribution in [0.3, 0.4) is 0 Å². The van der Waals surface area contributed by atoms with Crippen molar-refractivity contribution in [2.45, 2.75) is 19.4 Å². The van der Waals surface area contributed by atoms with Gasteiger partial charge in [0.05, 0.1) is 5.69 Å². The Morgan fingerprint density at radius 2 is 2.50 bits per heavy atom. The Morgan fingerprint density at radius 1 is 1.60 bits per heavy atom. The van der Waals surface area contributed by atoms with Gasteiger partial charge >= 0.3 is 0 Å². The molecule has 1 fully saturated rings. The highest BCUT2D eigenvalue weighted by Crippen LogP contribution is 2.21. The fourth-order valence-electron chi connectivity index (χ4n) is 2.34. The zero-order chi connectivity index (χ0) is 13.9. The van der Waals surface area contributed by atoms with Crippen molar-refractivity contribution in [3.05, 3.63) is 22.7 Å². The number of hydrogen-bond acceptors (Lipinski definition) is 6. The summed E-state index contributed by atoms with van der Waals surface area (Å²) in [6.45, 7) is 4.00. The number of thiophene rings is 1. The summed E-state index contributed by atoms with van der Waals surface area (Å²) in [6, 6.07) is 2.01. The Labute approximate surface area is 120 Å². The fraction of sp³-hybridized carbons (Fsp3) is 0.500. The molecule has 0 aromatic carbocycles. The van der Waals surface area contributed by atoms with Crippen LogP contribution < -0.4 is 10.6 Å². The van der Waals surface area contributed by atoms with Crippen molar-refractivity contribution < 1.29 is 4.79 Å². The van der Waals surface area contributed by atoms with Gasteiger partial charge in [-0.3, -0.25) is 4.79 Å². The molecule has 3 rings (SSSR count). The van der Waals surface area contributed by atoms with E-state index in [-0.39, 0.29) is 11.9 Å². The van der Waals surface area contributed by atoms with Crippen LogP contribution in [-0.4, -0.2) is 45.2 Å². The number of carbonyl (C=O) groups excluding carboxylic acids is 1. The van der Waals surface area contributed by atoms with E-state index in [0.29, 0.717) is 16.5 Å². The summed E-state index contributed by atoms with van der Waals surface area (Å²) in [5.41, 5.74) is 0.717. The monoisotopic (exact) mass is 292 g/mol. The van der Waals surface area contributed by atoms with Crippen LogP contribution in [0.1, 0.15) is 23.0 Å². The topological polar surface area (TPSA) is 84.7 Å². The molecule has 1 saturated heterocycles. The third kappa shape index (κ3) is 2.56. The predicted molar refractivity (Wildman–Crippen MR) is 74.9 cm³/mol. The van der Waals surface area contributed by atoms with Gasteiger partial charge in [0, 0.05) is 12.6 Å². The lowest BCUT2D eigenvalue weighted by Crippen LogP contribution is -2.50. The highest BCUT2D eigenvalue weighted by molar-refractivity contribution is 7.12. The van der Waals surface area contributed by atoms with Gasteiger partial charge in [-0.2, -0.15) is 4.68 Å². The molecule has 0 spiro atoms. The van der Waals surface area contributed by atoms with Crippen LogP contribution in [0.25, 0.3) is 5.69 Å². The average Bonchev–Trinajstić information content (AvgIpc) is 3.11. The standard InChI is InChI=1S/C12H16N6OS/c1-8-2-4-13-6-9(8)15-12(19)11-10(3-5-20-11)18-7-14-16-17-18/h3,5,7-9,13H,2,4,6H2,1H3,(H,15,19). The second kappa shape index (κ2) is 5.68. The first kappa shape index (κ1) is 13.2. The molecule has 2 unspecified atom stereocenters. The summed E-state index contributed by atoms with van der Waals surface area (Å²) in [4.78, 5) is 13.1. The molecule has 0 bridgehead atoms. The fourth-order valence-corrected chi connectivity index (χ4v) is 3.12. The number of rotatable bonds is 3. The van der Waals surface area contributed by atoms with Gasteiger partial charge in [-0.05, 0) is 40.8 Å². The maximum Gasteiger partial charge on any atom is 0.263 e. The Balaban J connectivity index is 1.76. The van der Waals surface area contributed by atoms with E-state index in [4.69, 9.17) is 0 Å². The molecule has 1 aliphatic heterocycles. The number of nitrogens with zero attached hydrogens (tertiary/aromatic N) is 4. The van der Waals surface area contributed by atoms with Gasteiger partial charge in [0.25, 0.3) is 5.91 Å². The minimum Gasteiger partial charge on any atom is -0.347 e. The summed E-state index contributed by atoms with van der Waals surface area (Å²) < 4.78 is 1.51. The first-order valence-electron chi connectivity index (χ1n) is 6.58. The smallest absolute Gasteiger partial charge is 0.263 e. The molecule has 106 valence electrons. The SMILES string of the molecule is CC1CCNCC1NC(=O)c1sccc1-n1cnnn1. The van der Waals surface area contributed by atoms with Crippen molar-refractivity contribution in [1.29, 1.82) is 0 Å². The van der Waals surface area contributed by atoms with E-state index < -0.39 is 0 Å². The Bertz CT molecular complexity index is 581. The molecule has 20 heavy (non-hydrogen) atoms. The third-order valence-electron chi connectivity index (χ3n) is 3.59. The summed E-state index contributed by atoms with van der Waals surface area (Å²) in [7, 11) is 0. The highest BCUT2D eigenvalue weighted by Gasteiger charge is 2.25. The predicted octanol–water partition coefficient (Wildman–Crippen LogP) is 0.452. The van der Waals surface area contributed by atoms with Gasteiger partial charge in [-0.15, -0.1) is 16.4 Å². The molecule has 2 aromatic heterocycles. The Kier molecular flexibility index (Phi) is 3.75. The van der Waals surface area contributed by atoms with Crippen molar-refractivity contribution in [3.63, 3.8) is 0 Å². The van der Waals surface area contributed by atoms with Crippen LogP contribution in [0, 0.1) is 5.92 Å². The minimum atomic E-state index is -0.0638. The molecule has 1 amide bonds. The van der Waals surface area contributed by atoms with Crippen LogP contribution in [-0.2, 0) is 0 Å². The normalized spacial score (nSPS) is 22.6. The molecule has 2 N–H and O–H groups in total. The van der Waals surface area contributed by atoms with E-state index in [9.17, 15) is 4.79 Å². The van der Waals surface area contributed by atoms with E-state index in [1.165, 1.54) is 22.3 Å². The van der Waals surface area contributed by atoms with Crippen molar-refractivity contribution >= 4 is 17.2 Å². The maximum absolute atomic E-state index is 12.4. The lowest BCUT2D eigenvalue weighted by atomic mass is 9.95. The minimum absolute atomic E-state index is 0.0638. The zero-order valence-electron chi connectivity index (χ0n) is 11.1. The lowest BCUT2D eigenvalue weighted by Gasteiger charge is -2.30. The van der Waals surface area contributed by atoms with Crippen LogP contribution in [0.15, 0.2) is 17.8 Å². The maximum atomic E-state index is 12.4. The molecule has 8 heteroatoms. The largest absolute Gasteiger partial charge is 0.347 e. The molecule has 7 nitrogen and oxygen atoms in total. The number of amides is 1. The first-order valence-corrected chi connectivity index (χ1v) is 7.46. The summed E-state index contributed by atoms with van der Waals surface area (Å²) in [5, 5.41) is 19.3. The molecule has 1 aliphatic rings. The van der Waals surface area contributed by atoms with Gasteiger partial charge < -0.3 is 10.6 Å². The van der Waals surface area contributed by atoms with Crippen molar-refractivity contribution in [2.24, 2.45) is 5.92 Å². The van der Waals surface area contributed by atoms with Gasteiger partial charge in [0.2, 0.25) is 0 Å². The molecule has 0 aliphatic carbocycles. The second-order valence-electron chi connectivity index (χ2n) is 4.94. The molecule has 2 aromatic rings. The number of tetrazole rings is 1. The number of carbonyl (C=O) groups is 1. The van der Waals surface area contributed by atoms with Gasteiger partial charge in [-0.25, -0.2) is 0 Å². The van der Waals surface area contributed by atoms with E-state index in [2.05, 4.69) is 33.1 Å².